The molecule has 3 N–H and O–H groups in total. The quantitative estimate of drug-likeness (QED) is 0.806. The lowest BCUT2D eigenvalue weighted by Gasteiger charge is -2.17. The minimum atomic E-state index is -0.677. The molecule has 1 fully saturated rings. The fraction of sp³-hybridized carbons (Fsp3) is 0.500. The average Bonchev–Trinajstić information content (AvgIpc) is 3.22. The van der Waals surface area contributed by atoms with Crippen LogP contribution in [-0.4, -0.2) is 32.8 Å². The van der Waals surface area contributed by atoms with Crippen molar-refractivity contribution in [2.75, 3.05) is 21.3 Å². The van der Waals surface area contributed by atoms with Crippen molar-refractivity contribution in [1.29, 1.82) is 0 Å². The molecule has 0 heterocycles. The van der Waals surface area contributed by atoms with E-state index >= 15 is 0 Å². The molecule has 0 aliphatic heterocycles. The minimum absolute atomic E-state index is 0.130. The highest BCUT2D eigenvalue weighted by Gasteiger charge is 2.45. The van der Waals surface area contributed by atoms with Crippen molar-refractivity contribution < 1.29 is 19.0 Å². The summed E-state index contributed by atoms with van der Waals surface area (Å²) in [6.45, 7) is 0.335. The van der Waals surface area contributed by atoms with Crippen molar-refractivity contribution in [3.8, 4) is 17.2 Å². The lowest BCUT2D eigenvalue weighted by atomic mass is 10.1. The Labute approximate surface area is 118 Å². The number of nitrogens with two attached hydrogens (primary N) is 1. The average molecular weight is 280 g/mol. The minimum Gasteiger partial charge on any atom is -0.493 e. The zero-order valence-corrected chi connectivity index (χ0v) is 12.0. The summed E-state index contributed by atoms with van der Waals surface area (Å²) >= 11 is 0. The van der Waals surface area contributed by atoms with Crippen molar-refractivity contribution in [1.82, 2.24) is 5.32 Å². The lowest BCUT2D eigenvalue weighted by Crippen LogP contribution is -2.42. The highest BCUT2D eigenvalue weighted by Crippen LogP contribution is 2.40. The van der Waals surface area contributed by atoms with Gasteiger partial charge in [-0.2, -0.15) is 0 Å². The maximum Gasteiger partial charge on any atom is 0.240 e. The number of amides is 1. The normalized spacial score (nSPS) is 15.4. The predicted octanol–water partition coefficient (Wildman–Crippen LogP) is 0.820. The molecule has 110 valence electrons. The lowest BCUT2D eigenvalue weighted by molar-refractivity contribution is -0.123. The third kappa shape index (κ3) is 2.65. The molecule has 0 radical (unpaired) electrons. The van der Waals surface area contributed by atoms with Crippen LogP contribution in [0.5, 0.6) is 17.2 Å². The number of ether oxygens (including phenoxy) is 3. The Morgan fingerprint density at radius 1 is 1.20 bits per heavy atom. The van der Waals surface area contributed by atoms with Gasteiger partial charge in [-0.15, -0.1) is 0 Å². The fourth-order valence-electron chi connectivity index (χ4n) is 2.02. The van der Waals surface area contributed by atoms with E-state index in [9.17, 15) is 4.79 Å². The first-order valence-electron chi connectivity index (χ1n) is 6.40. The zero-order valence-electron chi connectivity index (χ0n) is 12.0. The van der Waals surface area contributed by atoms with Crippen LogP contribution in [0.4, 0.5) is 0 Å². The van der Waals surface area contributed by atoms with Crippen LogP contribution in [0.1, 0.15) is 18.4 Å². The number of rotatable bonds is 6. The molecule has 0 unspecified atom stereocenters. The summed E-state index contributed by atoms with van der Waals surface area (Å²) in [5.74, 6) is 1.51. The van der Waals surface area contributed by atoms with Gasteiger partial charge in [-0.25, -0.2) is 0 Å². The first kappa shape index (κ1) is 14.5. The van der Waals surface area contributed by atoms with Gasteiger partial charge in [0.1, 0.15) is 0 Å². The molecule has 20 heavy (non-hydrogen) atoms. The fourth-order valence-corrected chi connectivity index (χ4v) is 2.02. The van der Waals surface area contributed by atoms with Crippen molar-refractivity contribution >= 4 is 5.91 Å². The number of methoxy groups -OCH3 is 3. The Kier molecular flexibility index (Phi) is 4.04. The van der Waals surface area contributed by atoms with E-state index in [-0.39, 0.29) is 5.91 Å². The van der Waals surface area contributed by atoms with E-state index in [1.54, 1.807) is 27.4 Å². The van der Waals surface area contributed by atoms with Gasteiger partial charge in [0.2, 0.25) is 11.7 Å². The molecule has 1 saturated carbocycles. The third-order valence-electron chi connectivity index (χ3n) is 3.47. The van der Waals surface area contributed by atoms with Crippen LogP contribution in [-0.2, 0) is 11.3 Å². The Morgan fingerprint density at radius 2 is 1.85 bits per heavy atom. The molecule has 0 atom stereocenters. The van der Waals surface area contributed by atoms with Gasteiger partial charge in [0, 0.05) is 12.1 Å². The molecule has 1 aromatic rings. The van der Waals surface area contributed by atoms with E-state index in [0.29, 0.717) is 23.8 Å². The number of carbonyl (C=O) groups is 1. The first-order valence-corrected chi connectivity index (χ1v) is 6.40. The van der Waals surface area contributed by atoms with Crippen LogP contribution < -0.4 is 25.3 Å². The van der Waals surface area contributed by atoms with E-state index in [0.717, 1.165) is 18.4 Å². The van der Waals surface area contributed by atoms with Crippen LogP contribution >= 0.6 is 0 Å². The van der Waals surface area contributed by atoms with E-state index in [2.05, 4.69) is 5.32 Å². The van der Waals surface area contributed by atoms with Gasteiger partial charge in [0.05, 0.1) is 26.9 Å². The van der Waals surface area contributed by atoms with Crippen LogP contribution in [0, 0.1) is 0 Å². The monoisotopic (exact) mass is 280 g/mol. The summed E-state index contributed by atoms with van der Waals surface area (Å²) in [5, 5.41) is 2.82. The molecule has 0 aromatic heterocycles. The number of benzene rings is 1. The van der Waals surface area contributed by atoms with Gasteiger partial charge < -0.3 is 25.3 Å². The molecule has 1 aliphatic rings. The molecule has 6 heteroatoms. The van der Waals surface area contributed by atoms with E-state index in [1.165, 1.54) is 0 Å². The number of nitrogens with one attached hydrogen (secondary N) is 1. The Balaban J connectivity index is 2.16. The van der Waals surface area contributed by atoms with Crippen molar-refractivity contribution in [2.24, 2.45) is 5.73 Å². The van der Waals surface area contributed by atoms with Crippen LogP contribution in [0.3, 0.4) is 0 Å². The molecule has 0 spiro atoms. The molecule has 6 nitrogen and oxygen atoms in total. The summed E-state index contributed by atoms with van der Waals surface area (Å²) in [6, 6.07) is 3.61. The summed E-state index contributed by atoms with van der Waals surface area (Å²) in [6.07, 6.45) is 1.48. The van der Waals surface area contributed by atoms with Crippen molar-refractivity contribution in [2.45, 2.75) is 24.9 Å². The zero-order chi connectivity index (χ0) is 14.8. The number of carbonyl (C=O) groups excluding carboxylic acids is 1. The molecule has 1 aromatic carbocycles. The van der Waals surface area contributed by atoms with Crippen LogP contribution in [0.2, 0.25) is 0 Å². The third-order valence-corrected chi connectivity index (χ3v) is 3.47. The standard InChI is InChI=1S/C14H20N2O4/c1-18-10-5-4-9(11(19-2)12(10)20-3)8-16-13(17)14(15)6-7-14/h4-5H,6-8,15H2,1-3H3,(H,16,17). The Bertz CT molecular complexity index is 512. The second kappa shape index (κ2) is 5.58. The van der Waals surface area contributed by atoms with Gasteiger partial charge in [0.25, 0.3) is 0 Å². The second-order valence-corrected chi connectivity index (χ2v) is 4.83. The van der Waals surface area contributed by atoms with Crippen LogP contribution in [0.15, 0.2) is 12.1 Å². The topological polar surface area (TPSA) is 82.8 Å². The molecule has 0 bridgehead atoms. The summed E-state index contributed by atoms with van der Waals surface area (Å²) in [4.78, 5) is 11.8. The van der Waals surface area contributed by atoms with Crippen molar-refractivity contribution in [3.63, 3.8) is 0 Å². The molecular weight excluding hydrogens is 260 g/mol. The molecule has 0 saturated heterocycles. The highest BCUT2D eigenvalue weighted by molar-refractivity contribution is 5.89. The van der Waals surface area contributed by atoms with Crippen LogP contribution in [0.25, 0.3) is 0 Å². The van der Waals surface area contributed by atoms with E-state index in [1.807, 2.05) is 6.07 Å². The van der Waals surface area contributed by atoms with Gasteiger partial charge in [-0.05, 0) is 25.0 Å². The highest BCUT2D eigenvalue weighted by atomic mass is 16.5. The SMILES string of the molecule is COc1ccc(CNC(=O)C2(N)CC2)c(OC)c1OC. The largest absolute Gasteiger partial charge is 0.493 e. The molecular formula is C14H20N2O4. The predicted molar refractivity (Wildman–Crippen MR) is 74.1 cm³/mol. The smallest absolute Gasteiger partial charge is 0.240 e. The van der Waals surface area contributed by atoms with Gasteiger partial charge >= 0.3 is 0 Å². The summed E-state index contributed by atoms with van der Waals surface area (Å²) in [7, 11) is 4.65. The van der Waals surface area contributed by atoms with Gasteiger partial charge in [-0.3, -0.25) is 4.79 Å². The Hall–Kier alpha value is -1.95. The summed E-state index contributed by atoms with van der Waals surface area (Å²) in [5.41, 5.74) is 5.97. The maximum atomic E-state index is 11.8. The first-order chi connectivity index (χ1) is 9.55. The molecule has 2 rings (SSSR count). The summed E-state index contributed by atoms with van der Waals surface area (Å²) < 4.78 is 15.9. The van der Waals surface area contributed by atoms with Crippen molar-refractivity contribution in [3.05, 3.63) is 17.7 Å². The van der Waals surface area contributed by atoms with Gasteiger partial charge in [-0.1, -0.05) is 0 Å². The maximum absolute atomic E-state index is 11.8. The molecule has 1 aliphatic carbocycles. The Morgan fingerprint density at radius 3 is 2.35 bits per heavy atom. The number of hydrogen-bond donors (Lipinski definition) is 2. The van der Waals surface area contributed by atoms with E-state index < -0.39 is 5.54 Å². The van der Waals surface area contributed by atoms with Gasteiger partial charge in [0.15, 0.2) is 11.5 Å². The molecule has 1 amide bonds. The van der Waals surface area contributed by atoms with E-state index in [4.69, 9.17) is 19.9 Å². The second-order valence-electron chi connectivity index (χ2n) is 4.83. The number of hydrogen-bond acceptors (Lipinski definition) is 5.